The summed E-state index contributed by atoms with van der Waals surface area (Å²) in [6, 6.07) is 3.73. The van der Waals surface area contributed by atoms with Crippen LogP contribution in [0.4, 0.5) is 0 Å². The van der Waals surface area contributed by atoms with Crippen molar-refractivity contribution in [2.75, 3.05) is 0 Å². The van der Waals surface area contributed by atoms with Crippen molar-refractivity contribution < 1.29 is 0 Å². The zero-order valence-electron chi connectivity index (χ0n) is 9.28. The van der Waals surface area contributed by atoms with Gasteiger partial charge in [-0.15, -0.1) is 0 Å². The van der Waals surface area contributed by atoms with Crippen molar-refractivity contribution >= 4 is 11.6 Å². The maximum absolute atomic E-state index is 5.68. The molecule has 0 radical (unpaired) electrons. The number of hydrogen-bond donors (Lipinski definition) is 1. The van der Waals surface area contributed by atoms with E-state index in [0.29, 0.717) is 5.15 Å². The molecule has 16 heavy (non-hydrogen) atoms. The van der Waals surface area contributed by atoms with E-state index in [0.717, 1.165) is 17.7 Å². The van der Waals surface area contributed by atoms with Crippen LogP contribution in [-0.2, 0) is 6.54 Å². The molecule has 1 rings (SSSR count). The van der Waals surface area contributed by atoms with E-state index in [-0.39, 0.29) is 0 Å². The zero-order valence-corrected chi connectivity index (χ0v) is 10.0. The highest BCUT2D eigenvalue weighted by Gasteiger charge is 1.90. The van der Waals surface area contributed by atoms with Crippen molar-refractivity contribution in [3.63, 3.8) is 0 Å². The zero-order chi connectivity index (χ0) is 11.8. The van der Waals surface area contributed by atoms with Gasteiger partial charge < -0.3 is 5.32 Å². The standard InChI is InChI=1S/C13H15ClN2/c1-11(2)5-3-4-8-15-9-12-6-7-13(14)16-10-12/h3-8,10,15H,1,9H2,2H3/b5-3-,8-4-. The van der Waals surface area contributed by atoms with Gasteiger partial charge in [-0.25, -0.2) is 4.98 Å². The topological polar surface area (TPSA) is 24.9 Å². The number of aromatic nitrogens is 1. The molecular weight excluding hydrogens is 220 g/mol. The van der Waals surface area contributed by atoms with Crippen molar-refractivity contribution in [3.05, 3.63) is 65.6 Å². The molecule has 0 aliphatic carbocycles. The van der Waals surface area contributed by atoms with Crippen LogP contribution >= 0.6 is 11.6 Å². The largest absolute Gasteiger partial charge is 0.387 e. The fraction of sp³-hybridized carbons (Fsp3) is 0.154. The second kappa shape index (κ2) is 6.85. The van der Waals surface area contributed by atoms with E-state index >= 15 is 0 Å². The molecule has 0 aliphatic rings. The summed E-state index contributed by atoms with van der Waals surface area (Å²) >= 11 is 5.68. The molecule has 0 fully saturated rings. The summed E-state index contributed by atoms with van der Waals surface area (Å²) in [7, 11) is 0. The van der Waals surface area contributed by atoms with E-state index in [9.17, 15) is 0 Å². The molecule has 3 heteroatoms. The average molecular weight is 235 g/mol. The summed E-state index contributed by atoms with van der Waals surface area (Å²) in [5.41, 5.74) is 2.13. The minimum atomic E-state index is 0.517. The Labute approximate surface area is 101 Å². The molecule has 1 N–H and O–H groups in total. The normalized spacial score (nSPS) is 11.1. The molecule has 84 valence electrons. The number of allylic oxidation sites excluding steroid dienone is 4. The monoisotopic (exact) mass is 234 g/mol. The van der Waals surface area contributed by atoms with Gasteiger partial charge in [-0.3, -0.25) is 0 Å². The van der Waals surface area contributed by atoms with Crippen LogP contribution in [-0.4, -0.2) is 4.98 Å². The van der Waals surface area contributed by atoms with Gasteiger partial charge in [0.15, 0.2) is 0 Å². The summed E-state index contributed by atoms with van der Waals surface area (Å²) < 4.78 is 0. The first-order valence-electron chi connectivity index (χ1n) is 5.01. The molecule has 1 aromatic rings. The van der Waals surface area contributed by atoms with Crippen molar-refractivity contribution in [2.45, 2.75) is 13.5 Å². The lowest BCUT2D eigenvalue weighted by Crippen LogP contribution is -2.04. The molecule has 0 unspecified atom stereocenters. The van der Waals surface area contributed by atoms with Crippen LogP contribution in [0.2, 0.25) is 5.15 Å². The van der Waals surface area contributed by atoms with Gasteiger partial charge in [0.1, 0.15) is 5.15 Å². The Morgan fingerprint density at radius 3 is 2.94 bits per heavy atom. The molecule has 0 spiro atoms. The molecule has 1 heterocycles. The number of halogens is 1. The Morgan fingerprint density at radius 1 is 1.50 bits per heavy atom. The molecule has 0 amide bonds. The van der Waals surface area contributed by atoms with E-state index in [1.165, 1.54) is 0 Å². The highest BCUT2D eigenvalue weighted by atomic mass is 35.5. The van der Waals surface area contributed by atoms with Crippen molar-refractivity contribution in [3.8, 4) is 0 Å². The third-order valence-electron chi connectivity index (χ3n) is 1.80. The van der Waals surface area contributed by atoms with Gasteiger partial charge in [-0.1, -0.05) is 42.0 Å². The first-order chi connectivity index (χ1) is 7.68. The number of nitrogens with zero attached hydrogens (tertiary/aromatic N) is 1. The van der Waals surface area contributed by atoms with E-state index in [1.54, 1.807) is 12.3 Å². The van der Waals surface area contributed by atoms with Crippen LogP contribution in [0, 0.1) is 0 Å². The van der Waals surface area contributed by atoms with E-state index in [2.05, 4.69) is 16.9 Å². The number of hydrogen-bond acceptors (Lipinski definition) is 2. The highest BCUT2D eigenvalue weighted by Crippen LogP contribution is 2.04. The summed E-state index contributed by atoms with van der Waals surface area (Å²) in [5, 5.41) is 3.67. The smallest absolute Gasteiger partial charge is 0.129 e. The van der Waals surface area contributed by atoms with Gasteiger partial charge in [0.2, 0.25) is 0 Å². The van der Waals surface area contributed by atoms with E-state index in [4.69, 9.17) is 11.6 Å². The second-order valence-electron chi connectivity index (χ2n) is 3.43. The molecule has 2 nitrogen and oxygen atoms in total. The lowest BCUT2D eigenvalue weighted by atomic mass is 10.3. The summed E-state index contributed by atoms with van der Waals surface area (Å²) in [4.78, 5) is 3.99. The summed E-state index contributed by atoms with van der Waals surface area (Å²) in [6.07, 6.45) is 9.45. The molecule has 0 aromatic carbocycles. The second-order valence-corrected chi connectivity index (χ2v) is 3.82. The molecule has 0 aliphatic heterocycles. The van der Waals surface area contributed by atoms with Crippen LogP contribution in [0.5, 0.6) is 0 Å². The van der Waals surface area contributed by atoms with Gasteiger partial charge >= 0.3 is 0 Å². The Bertz CT molecular complexity index is 391. The number of rotatable bonds is 5. The van der Waals surface area contributed by atoms with Gasteiger partial charge in [0.25, 0.3) is 0 Å². The van der Waals surface area contributed by atoms with Crippen molar-refractivity contribution in [2.24, 2.45) is 0 Å². The quantitative estimate of drug-likeness (QED) is 0.623. The van der Waals surface area contributed by atoms with Crippen LogP contribution in [0.3, 0.4) is 0 Å². The van der Waals surface area contributed by atoms with Gasteiger partial charge in [-0.2, -0.15) is 0 Å². The summed E-state index contributed by atoms with van der Waals surface area (Å²) in [6.45, 7) is 6.46. The summed E-state index contributed by atoms with van der Waals surface area (Å²) in [5.74, 6) is 0. The maximum Gasteiger partial charge on any atom is 0.129 e. The molecule has 0 bridgehead atoms. The Kier molecular flexibility index (Phi) is 5.37. The maximum atomic E-state index is 5.68. The molecular formula is C13H15ClN2. The molecule has 1 aromatic heterocycles. The van der Waals surface area contributed by atoms with Crippen LogP contribution in [0.25, 0.3) is 0 Å². The third-order valence-corrected chi connectivity index (χ3v) is 2.02. The van der Waals surface area contributed by atoms with Crippen LogP contribution < -0.4 is 5.32 Å². The predicted molar refractivity (Wildman–Crippen MR) is 69.2 cm³/mol. The Hall–Kier alpha value is -1.54. The van der Waals surface area contributed by atoms with Gasteiger partial charge in [0.05, 0.1) is 0 Å². The third kappa shape index (κ3) is 5.37. The number of pyridine rings is 1. The SMILES string of the molecule is C=C(C)/C=C\C=C/NCc1ccc(Cl)nc1. The van der Waals surface area contributed by atoms with Crippen molar-refractivity contribution in [1.29, 1.82) is 0 Å². The van der Waals surface area contributed by atoms with Crippen LogP contribution in [0.15, 0.2) is 54.9 Å². The first kappa shape index (κ1) is 12.5. The fourth-order valence-corrected chi connectivity index (χ4v) is 1.14. The minimum absolute atomic E-state index is 0.517. The Balaban J connectivity index is 2.30. The van der Waals surface area contributed by atoms with Gasteiger partial charge in [-0.05, 0) is 30.8 Å². The molecule has 0 saturated carbocycles. The minimum Gasteiger partial charge on any atom is -0.387 e. The highest BCUT2D eigenvalue weighted by molar-refractivity contribution is 6.29. The van der Waals surface area contributed by atoms with Gasteiger partial charge in [0, 0.05) is 12.7 Å². The Morgan fingerprint density at radius 2 is 2.31 bits per heavy atom. The number of nitrogens with one attached hydrogen (secondary N) is 1. The predicted octanol–water partition coefficient (Wildman–Crippen LogP) is 3.47. The average Bonchev–Trinajstić information content (AvgIpc) is 2.25. The lowest BCUT2D eigenvalue weighted by Gasteiger charge is -1.99. The van der Waals surface area contributed by atoms with E-state index in [1.807, 2.05) is 37.4 Å². The molecule has 0 saturated heterocycles. The molecule has 0 atom stereocenters. The first-order valence-corrected chi connectivity index (χ1v) is 5.39. The lowest BCUT2D eigenvalue weighted by molar-refractivity contribution is 0.863. The van der Waals surface area contributed by atoms with E-state index < -0.39 is 0 Å². The van der Waals surface area contributed by atoms with Crippen molar-refractivity contribution in [1.82, 2.24) is 10.3 Å². The van der Waals surface area contributed by atoms with Crippen LogP contribution in [0.1, 0.15) is 12.5 Å². The fourth-order valence-electron chi connectivity index (χ4n) is 1.03.